The Morgan fingerprint density at radius 1 is 1.05 bits per heavy atom. The van der Waals surface area contributed by atoms with Gasteiger partial charge in [-0.2, -0.15) is 5.26 Å². The molecule has 0 aliphatic carbocycles. The SMILES string of the molecule is CCOc1ccc(NC(=O)/C(C#N)=C/c2cc(I)c(OCC(=O)Nc3ccccc3C)c(OC)c2)cc1. The van der Waals surface area contributed by atoms with E-state index < -0.39 is 5.91 Å². The lowest BCUT2D eigenvalue weighted by Crippen LogP contribution is -2.21. The number of nitrogens with zero attached hydrogens (tertiary/aromatic N) is 1. The third-order valence-corrected chi connectivity index (χ3v) is 5.92. The standard InChI is InChI=1S/C28H26IN3O5/c1-4-36-22-11-9-21(10-12-22)31-28(34)20(16-30)13-19-14-23(29)27(25(15-19)35-3)37-17-26(33)32-24-8-6-5-7-18(24)2/h5-15H,4,17H2,1-3H3,(H,31,34)(H,32,33)/b20-13+. The first-order valence-electron chi connectivity index (χ1n) is 11.4. The normalized spacial score (nSPS) is 10.7. The molecule has 0 spiro atoms. The van der Waals surface area contributed by atoms with E-state index in [1.54, 1.807) is 36.4 Å². The molecule has 8 nitrogen and oxygen atoms in total. The number of rotatable bonds is 10. The van der Waals surface area contributed by atoms with Crippen molar-refractivity contribution in [1.29, 1.82) is 5.26 Å². The topological polar surface area (TPSA) is 110 Å². The summed E-state index contributed by atoms with van der Waals surface area (Å²) in [5.41, 5.74) is 2.67. The van der Waals surface area contributed by atoms with Gasteiger partial charge in [-0.15, -0.1) is 0 Å². The molecular weight excluding hydrogens is 585 g/mol. The summed E-state index contributed by atoms with van der Waals surface area (Å²) < 4.78 is 17.3. The van der Waals surface area contributed by atoms with Crippen LogP contribution in [0.1, 0.15) is 18.1 Å². The third kappa shape index (κ3) is 7.72. The molecule has 0 fully saturated rings. The van der Waals surface area contributed by atoms with Crippen molar-refractivity contribution in [3.8, 4) is 23.3 Å². The van der Waals surface area contributed by atoms with Crippen molar-refractivity contribution < 1.29 is 23.8 Å². The molecule has 3 aromatic rings. The Labute approximate surface area is 229 Å². The summed E-state index contributed by atoms with van der Waals surface area (Å²) in [7, 11) is 1.48. The molecule has 3 rings (SSSR count). The molecule has 0 aliphatic heterocycles. The number of halogens is 1. The van der Waals surface area contributed by atoms with Gasteiger partial charge in [0.25, 0.3) is 11.8 Å². The van der Waals surface area contributed by atoms with E-state index in [4.69, 9.17) is 14.2 Å². The fraction of sp³-hybridized carbons (Fsp3) is 0.179. The molecule has 0 saturated heterocycles. The van der Waals surface area contributed by atoms with Gasteiger partial charge in [-0.3, -0.25) is 9.59 Å². The van der Waals surface area contributed by atoms with E-state index in [0.717, 1.165) is 5.56 Å². The highest BCUT2D eigenvalue weighted by atomic mass is 127. The molecule has 0 radical (unpaired) electrons. The molecule has 0 heterocycles. The summed E-state index contributed by atoms with van der Waals surface area (Å²) in [6.45, 7) is 4.12. The van der Waals surface area contributed by atoms with Gasteiger partial charge in [0.05, 0.1) is 17.3 Å². The Balaban J connectivity index is 1.72. The van der Waals surface area contributed by atoms with Crippen molar-refractivity contribution in [1.82, 2.24) is 0 Å². The lowest BCUT2D eigenvalue weighted by atomic mass is 10.1. The Hall–Kier alpha value is -4.04. The fourth-order valence-electron chi connectivity index (χ4n) is 3.32. The van der Waals surface area contributed by atoms with E-state index in [2.05, 4.69) is 33.2 Å². The number of para-hydroxylation sites is 1. The highest BCUT2D eigenvalue weighted by Gasteiger charge is 2.16. The average Bonchev–Trinajstić information content (AvgIpc) is 2.89. The molecular formula is C28H26IN3O5. The van der Waals surface area contributed by atoms with Crippen LogP contribution in [0.3, 0.4) is 0 Å². The minimum Gasteiger partial charge on any atom is -0.494 e. The van der Waals surface area contributed by atoms with Crippen LogP contribution in [-0.4, -0.2) is 32.1 Å². The number of carbonyl (C=O) groups excluding carboxylic acids is 2. The van der Waals surface area contributed by atoms with Gasteiger partial charge in [-0.25, -0.2) is 0 Å². The number of hydrogen-bond acceptors (Lipinski definition) is 6. The van der Waals surface area contributed by atoms with Crippen molar-refractivity contribution >= 4 is 51.9 Å². The van der Waals surface area contributed by atoms with Crippen molar-refractivity contribution in [3.63, 3.8) is 0 Å². The molecule has 9 heteroatoms. The van der Waals surface area contributed by atoms with Crippen LogP contribution in [0.5, 0.6) is 17.2 Å². The van der Waals surface area contributed by atoms with Crippen molar-refractivity contribution in [2.24, 2.45) is 0 Å². The van der Waals surface area contributed by atoms with Crippen LogP contribution in [0, 0.1) is 21.8 Å². The van der Waals surface area contributed by atoms with E-state index in [1.165, 1.54) is 13.2 Å². The monoisotopic (exact) mass is 611 g/mol. The van der Waals surface area contributed by atoms with Gasteiger partial charge in [-0.05, 0) is 96.1 Å². The van der Waals surface area contributed by atoms with Crippen LogP contribution in [0.2, 0.25) is 0 Å². The smallest absolute Gasteiger partial charge is 0.266 e. The van der Waals surface area contributed by atoms with E-state index >= 15 is 0 Å². The molecule has 0 saturated carbocycles. The zero-order chi connectivity index (χ0) is 26.8. The van der Waals surface area contributed by atoms with Crippen molar-refractivity contribution in [3.05, 3.63) is 80.9 Å². The molecule has 0 bridgehead atoms. The number of amides is 2. The van der Waals surface area contributed by atoms with Gasteiger partial charge < -0.3 is 24.8 Å². The van der Waals surface area contributed by atoms with Gasteiger partial charge in [-0.1, -0.05) is 18.2 Å². The van der Waals surface area contributed by atoms with Crippen LogP contribution in [0.25, 0.3) is 6.08 Å². The number of carbonyl (C=O) groups is 2. The van der Waals surface area contributed by atoms with Crippen LogP contribution in [0.4, 0.5) is 11.4 Å². The van der Waals surface area contributed by atoms with Gasteiger partial charge >= 0.3 is 0 Å². The third-order valence-electron chi connectivity index (χ3n) is 5.12. The number of nitriles is 1. The zero-order valence-corrected chi connectivity index (χ0v) is 22.8. The van der Waals surface area contributed by atoms with Crippen molar-refractivity contribution in [2.75, 3.05) is 31.0 Å². The Morgan fingerprint density at radius 3 is 2.43 bits per heavy atom. The lowest BCUT2D eigenvalue weighted by Gasteiger charge is -2.14. The summed E-state index contributed by atoms with van der Waals surface area (Å²) in [4.78, 5) is 25.1. The lowest BCUT2D eigenvalue weighted by molar-refractivity contribution is -0.118. The highest BCUT2D eigenvalue weighted by Crippen LogP contribution is 2.34. The maximum Gasteiger partial charge on any atom is 0.266 e. The van der Waals surface area contributed by atoms with Crippen molar-refractivity contribution in [2.45, 2.75) is 13.8 Å². The molecule has 3 aromatic carbocycles. The summed E-state index contributed by atoms with van der Waals surface area (Å²) in [6.07, 6.45) is 1.46. The van der Waals surface area contributed by atoms with Crippen LogP contribution in [0.15, 0.2) is 66.2 Å². The summed E-state index contributed by atoms with van der Waals surface area (Å²) in [5, 5.41) is 15.1. The Kier molecular flexibility index (Phi) is 9.92. The second kappa shape index (κ2) is 13.3. The number of aryl methyl sites for hydroxylation is 1. The van der Waals surface area contributed by atoms with Crippen LogP contribution in [-0.2, 0) is 9.59 Å². The molecule has 0 aromatic heterocycles. The second-order valence-corrected chi connectivity index (χ2v) is 8.93. The molecule has 190 valence electrons. The first-order valence-corrected chi connectivity index (χ1v) is 12.4. The molecule has 2 amide bonds. The first-order chi connectivity index (χ1) is 17.8. The largest absolute Gasteiger partial charge is 0.494 e. The predicted molar refractivity (Wildman–Crippen MR) is 151 cm³/mol. The minimum atomic E-state index is -0.547. The van der Waals surface area contributed by atoms with Gasteiger partial charge in [0.2, 0.25) is 0 Å². The van der Waals surface area contributed by atoms with E-state index in [0.29, 0.717) is 44.4 Å². The number of nitrogens with one attached hydrogen (secondary N) is 2. The van der Waals surface area contributed by atoms with Gasteiger partial charge in [0.1, 0.15) is 17.4 Å². The maximum absolute atomic E-state index is 12.7. The fourth-order valence-corrected chi connectivity index (χ4v) is 4.10. The van der Waals surface area contributed by atoms with Crippen LogP contribution < -0.4 is 24.8 Å². The summed E-state index contributed by atoms with van der Waals surface area (Å²) in [6, 6.07) is 19.6. The maximum atomic E-state index is 12.7. The predicted octanol–water partition coefficient (Wildman–Crippen LogP) is 5.57. The number of methoxy groups -OCH3 is 1. The molecule has 0 atom stereocenters. The Bertz CT molecular complexity index is 1350. The quantitative estimate of drug-likeness (QED) is 0.176. The number of ether oxygens (including phenoxy) is 3. The zero-order valence-electron chi connectivity index (χ0n) is 20.6. The highest BCUT2D eigenvalue weighted by molar-refractivity contribution is 14.1. The van der Waals surface area contributed by atoms with Gasteiger partial charge in [0.15, 0.2) is 18.1 Å². The Morgan fingerprint density at radius 2 is 1.78 bits per heavy atom. The average molecular weight is 611 g/mol. The summed E-state index contributed by atoms with van der Waals surface area (Å²) in [5.74, 6) is 0.583. The van der Waals surface area contributed by atoms with Gasteiger partial charge in [0, 0.05) is 11.4 Å². The molecule has 2 N–H and O–H groups in total. The molecule has 37 heavy (non-hydrogen) atoms. The number of hydrogen-bond donors (Lipinski definition) is 2. The molecule has 0 unspecified atom stereocenters. The number of anilines is 2. The minimum absolute atomic E-state index is 0.0852. The first kappa shape index (κ1) is 27.5. The van der Waals surface area contributed by atoms with Crippen LogP contribution >= 0.6 is 22.6 Å². The number of benzene rings is 3. The summed E-state index contributed by atoms with van der Waals surface area (Å²) >= 11 is 2.05. The van der Waals surface area contributed by atoms with E-state index in [-0.39, 0.29) is 18.1 Å². The molecule has 0 aliphatic rings. The van der Waals surface area contributed by atoms with E-state index in [1.807, 2.05) is 44.2 Å². The second-order valence-electron chi connectivity index (χ2n) is 7.77. The van der Waals surface area contributed by atoms with E-state index in [9.17, 15) is 14.9 Å².